The lowest BCUT2D eigenvalue weighted by Crippen LogP contribution is -2.32. The first kappa shape index (κ1) is 23.9. The number of benzene rings is 2. The van der Waals surface area contributed by atoms with Crippen molar-refractivity contribution in [2.24, 2.45) is 7.05 Å². The van der Waals surface area contributed by atoms with Gasteiger partial charge in [-0.1, -0.05) is 54.4 Å². The van der Waals surface area contributed by atoms with E-state index in [2.05, 4.69) is 0 Å². The number of nitro benzene ring substituents is 1. The molecular formula is C25H18N4O4S3. The van der Waals surface area contributed by atoms with Gasteiger partial charge < -0.3 is 4.42 Å². The number of hydrogen-bond acceptors (Lipinski definition) is 7. The van der Waals surface area contributed by atoms with Gasteiger partial charge in [0.05, 0.1) is 21.2 Å². The number of thiocarbonyl (C=S) groups is 2. The zero-order chi connectivity index (χ0) is 25.6. The van der Waals surface area contributed by atoms with Crippen molar-refractivity contribution in [1.82, 2.24) is 9.36 Å². The lowest BCUT2D eigenvalue weighted by molar-refractivity contribution is -0.384. The average Bonchev–Trinajstić information content (AvgIpc) is 3.50. The Labute approximate surface area is 220 Å². The van der Waals surface area contributed by atoms with Gasteiger partial charge in [-0.15, -0.1) is 0 Å². The van der Waals surface area contributed by atoms with Crippen LogP contribution in [0.1, 0.15) is 11.5 Å². The van der Waals surface area contributed by atoms with Gasteiger partial charge in [-0.25, -0.2) is 4.68 Å². The Hall–Kier alpha value is -3.80. The summed E-state index contributed by atoms with van der Waals surface area (Å²) < 4.78 is 9.77. The maximum Gasteiger partial charge on any atom is 0.296 e. The molecule has 4 aromatic rings. The highest BCUT2D eigenvalue weighted by molar-refractivity contribution is 8.28. The van der Waals surface area contributed by atoms with E-state index in [1.54, 1.807) is 44.6 Å². The number of anilines is 1. The van der Waals surface area contributed by atoms with Crippen LogP contribution in [0.2, 0.25) is 0 Å². The Bertz CT molecular complexity index is 1620. The second-order valence-electron chi connectivity index (χ2n) is 7.93. The minimum atomic E-state index is -0.447. The molecule has 180 valence electrons. The first-order chi connectivity index (χ1) is 17.3. The topological polar surface area (TPSA) is 86.5 Å². The fraction of sp³-hybridized carbons (Fsp3) is 0.0800. The predicted octanol–water partition coefficient (Wildman–Crippen LogP) is 5.86. The molecule has 0 aliphatic carbocycles. The Kier molecular flexibility index (Phi) is 6.20. The highest BCUT2D eigenvalue weighted by atomic mass is 32.2. The molecule has 0 radical (unpaired) electrons. The van der Waals surface area contributed by atoms with E-state index in [1.807, 2.05) is 44.3 Å². The van der Waals surface area contributed by atoms with Crippen LogP contribution in [0, 0.1) is 17.0 Å². The Morgan fingerprint density at radius 3 is 2.39 bits per heavy atom. The largest absolute Gasteiger partial charge is 0.457 e. The number of furan rings is 1. The second kappa shape index (κ2) is 9.34. The third-order valence-corrected chi connectivity index (χ3v) is 7.66. The van der Waals surface area contributed by atoms with Crippen LogP contribution in [0.25, 0.3) is 23.1 Å². The summed E-state index contributed by atoms with van der Waals surface area (Å²) >= 11 is 12.6. The van der Waals surface area contributed by atoms with Gasteiger partial charge >= 0.3 is 0 Å². The number of nitrogens with zero attached hydrogens (tertiary/aromatic N) is 4. The molecule has 0 N–H and O–H groups in total. The van der Waals surface area contributed by atoms with E-state index in [1.165, 1.54) is 23.9 Å². The van der Waals surface area contributed by atoms with Crippen LogP contribution < -0.4 is 10.5 Å². The summed E-state index contributed by atoms with van der Waals surface area (Å²) in [6.45, 7) is 1.86. The molecule has 0 atom stereocenters. The highest BCUT2D eigenvalue weighted by Crippen LogP contribution is 2.38. The molecule has 0 amide bonds. The van der Waals surface area contributed by atoms with Crippen LogP contribution in [-0.4, -0.2) is 23.6 Å². The summed E-state index contributed by atoms with van der Waals surface area (Å²) in [5, 5.41) is 10.9. The summed E-state index contributed by atoms with van der Waals surface area (Å²) in [4.78, 5) is 26.7. The summed E-state index contributed by atoms with van der Waals surface area (Å²) in [6.07, 6.45) is 1.78. The molecule has 1 aliphatic heterocycles. The zero-order valence-corrected chi connectivity index (χ0v) is 21.5. The molecule has 1 fully saturated rings. The fourth-order valence-corrected chi connectivity index (χ4v) is 5.68. The van der Waals surface area contributed by atoms with Crippen molar-refractivity contribution in [2.45, 2.75) is 6.92 Å². The van der Waals surface area contributed by atoms with E-state index in [-0.39, 0.29) is 11.2 Å². The molecule has 5 rings (SSSR count). The predicted molar refractivity (Wildman–Crippen MR) is 150 cm³/mol. The third-order valence-electron chi connectivity index (χ3n) is 5.80. The van der Waals surface area contributed by atoms with Gasteiger partial charge in [0.1, 0.15) is 22.2 Å². The van der Waals surface area contributed by atoms with E-state index < -0.39 is 4.92 Å². The van der Waals surface area contributed by atoms with E-state index >= 15 is 0 Å². The lowest BCUT2D eigenvalue weighted by Gasteiger charge is -2.14. The maximum atomic E-state index is 13.5. The first-order valence-corrected chi connectivity index (χ1v) is 12.4. The summed E-state index contributed by atoms with van der Waals surface area (Å²) in [6, 6.07) is 19.1. The van der Waals surface area contributed by atoms with Gasteiger partial charge in [0, 0.05) is 24.7 Å². The number of para-hydroxylation sites is 1. The number of aromatic nitrogens is 2. The molecule has 2 aromatic heterocycles. The van der Waals surface area contributed by atoms with Crippen LogP contribution in [0.3, 0.4) is 0 Å². The van der Waals surface area contributed by atoms with Crippen molar-refractivity contribution in [2.75, 3.05) is 4.90 Å². The SMILES string of the molecule is Cc1c(N2C(=S)S/C(=C\c3ccc(-c4ccc([N+](=O)[O-])cc4)o3)C2=S)c(=O)n(-c2ccccc2)n1C. The summed E-state index contributed by atoms with van der Waals surface area (Å²) in [5.74, 6) is 1.11. The van der Waals surface area contributed by atoms with Crippen molar-refractivity contribution >= 4 is 63.0 Å². The molecule has 2 aromatic carbocycles. The number of hydrogen-bond donors (Lipinski definition) is 0. The molecular weight excluding hydrogens is 517 g/mol. The standard InChI is InChI=1S/C25H18N4O4S3/c1-15-22(23(30)28(26(15)2)17-6-4-3-5-7-17)27-24(34)21(36-25(27)35)14-19-12-13-20(33-19)16-8-10-18(11-9-16)29(31)32/h3-14H,1-2H3/b21-14-. The quantitative estimate of drug-likeness (QED) is 0.136. The number of non-ortho nitro benzene ring substituents is 1. The van der Waals surface area contributed by atoms with Gasteiger partial charge in [0.2, 0.25) is 0 Å². The smallest absolute Gasteiger partial charge is 0.296 e. The van der Waals surface area contributed by atoms with Gasteiger partial charge in [-0.3, -0.25) is 24.5 Å². The van der Waals surface area contributed by atoms with Gasteiger partial charge in [0.25, 0.3) is 11.2 Å². The molecule has 3 heterocycles. The summed E-state index contributed by atoms with van der Waals surface area (Å²) in [5.41, 5.74) is 2.40. The van der Waals surface area contributed by atoms with Crippen LogP contribution in [0.4, 0.5) is 11.4 Å². The van der Waals surface area contributed by atoms with E-state index in [4.69, 9.17) is 28.9 Å². The minimum absolute atomic E-state index is 0.0106. The Balaban J connectivity index is 1.46. The molecule has 1 aliphatic rings. The van der Waals surface area contributed by atoms with Crippen molar-refractivity contribution < 1.29 is 9.34 Å². The monoisotopic (exact) mass is 534 g/mol. The van der Waals surface area contributed by atoms with Gasteiger partial charge in [-0.05, 0) is 49.4 Å². The van der Waals surface area contributed by atoms with Crippen molar-refractivity contribution in [1.29, 1.82) is 0 Å². The van der Waals surface area contributed by atoms with Crippen LogP contribution >= 0.6 is 36.2 Å². The number of nitro groups is 1. The molecule has 8 nitrogen and oxygen atoms in total. The highest BCUT2D eigenvalue weighted by Gasteiger charge is 2.35. The Morgan fingerprint density at radius 1 is 1.03 bits per heavy atom. The normalized spacial score (nSPS) is 14.7. The van der Waals surface area contributed by atoms with Gasteiger partial charge in [0.15, 0.2) is 4.32 Å². The summed E-state index contributed by atoms with van der Waals surface area (Å²) in [7, 11) is 1.82. The van der Waals surface area contributed by atoms with Crippen molar-refractivity contribution in [3.05, 3.63) is 104 Å². The van der Waals surface area contributed by atoms with E-state index in [0.29, 0.717) is 37.0 Å². The second-order valence-corrected chi connectivity index (χ2v) is 10.00. The number of rotatable bonds is 5. The Morgan fingerprint density at radius 2 is 1.72 bits per heavy atom. The maximum absolute atomic E-state index is 13.5. The number of thioether (sulfide) groups is 1. The molecule has 1 saturated heterocycles. The van der Waals surface area contributed by atoms with Crippen LogP contribution in [0.5, 0.6) is 0 Å². The molecule has 36 heavy (non-hydrogen) atoms. The van der Waals surface area contributed by atoms with Crippen LogP contribution in [-0.2, 0) is 7.05 Å². The minimum Gasteiger partial charge on any atom is -0.457 e. The van der Waals surface area contributed by atoms with Crippen molar-refractivity contribution in [3.63, 3.8) is 0 Å². The zero-order valence-electron chi connectivity index (χ0n) is 19.1. The lowest BCUT2D eigenvalue weighted by atomic mass is 10.1. The fourth-order valence-electron chi connectivity index (χ4n) is 3.93. The first-order valence-electron chi connectivity index (χ1n) is 10.7. The average molecular weight is 535 g/mol. The third kappa shape index (κ3) is 4.11. The van der Waals surface area contributed by atoms with E-state index in [0.717, 1.165) is 11.4 Å². The van der Waals surface area contributed by atoms with Crippen molar-refractivity contribution in [3.8, 4) is 17.0 Å². The molecule has 11 heteroatoms. The molecule has 0 spiro atoms. The molecule has 0 bridgehead atoms. The van der Waals surface area contributed by atoms with Crippen LogP contribution in [0.15, 0.2) is 80.8 Å². The molecule has 0 saturated carbocycles. The van der Waals surface area contributed by atoms with E-state index in [9.17, 15) is 14.9 Å². The van der Waals surface area contributed by atoms with Gasteiger partial charge in [-0.2, -0.15) is 0 Å². The molecule has 0 unspecified atom stereocenters.